The van der Waals surface area contributed by atoms with Gasteiger partial charge in [0.1, 0.15) is 6.54 Å². The zero-order valence-electron chi connectivity index (χ0n) is 13.5. The molecule has 134 valence electrons. The standard InChI is InChI=1S/C18H14F2N2O3S/c19-18(20)26-15-9-5-4-8-14(15)17(24)25-12-16(23)22(11-10-21)13-6-2-1-3-7-13/h1-9,18H,11-12H2. The monoisotopic (exact) mass is 376 g/mol. The molecule has 0 aliphatic carbocycles. The van der Waals surface area contributed by atoms with E-state index >= 15 is 0 Å². The summed E-state index contributed by atoms with van der Waals surface area (Å²) in [7, 11) is 0. The minimum atomic E-state index is -2.69. The van der Waals surface area contributed by atoms with Crippen LogP contribution >= 0.6 is 11.8 Å². The fourth-order valence-electron chi connectivity index (χ4n) is 2.12. The van der Waals surface area contributed by atoms with E-state index in [-0.39, 0.29) is 28.8 Å². The van der Waals surface area contributed by atoms with Crippen LogP contribution in [-0.2, 0) is 9.53 Å². The molecule has 0 saturated carbocycles. The maximum atomic E-state index is 12.6. The number of carbonyl (C=O) groups excluding carboxylic acids is 2. The van der Waals surface area contributed by atoms with Crippen LogP contribution in [0.3, 0.4) is 0 Å². The van der Waals surface area contributed by atoms with E-state index in [2.05, 4.69) is 0 Å². The summed E-state index contributed by atoms with van der Waals surface area (Å²) in [6, 6.07) is 16.1. The van der Waals surface area contributed by atoms with Crippen LogP contribution in [0.25, 0.3) is 0 Å². The van der Waals surface area contributed by atoms with Crippen molar-refractivity contribution < 1.29 is 23.1 Å². The number of anilines is 1. The van der Waals surface area contributed by atoms with Crippen LogP contribution in [0.2, 0.25) is 0 Å². The van der Waals surface area contributed by atoms with E-state index in [1.807, 2.05) is 6.07 Å². The minimum Gasteiger partial charge on any atom is -0.452 e. The number of rotatable bonds is 7. The molecular weight excluding hydrogens is 362 g/mol. The smallest absolute Gasteiger partial charge is 0.339 e. The van der Waals surface area contributed by atoms with Gasteiger partial charge in [0.15, 0.2) is 6.61 Å². The highest BCUT2D eigenvalue weighted by Gasteiger charge is 2.20. The number of alkyl halides is 2. The Morgan fingerprint density at radius 3 is 2.42 bits per heavy atom. The third-order valence-electron chi connectivity index (χ3n) is 3.25. The van der Waals surface area contributed by atoms with Gasteiger partial charge in [0, 0.05) is 10.6 Å². The van der Waals surface area contributed by atoms with Crippen molar-refractivity contribution in [1.82, 2.24) is 0 Å². The third kappa shape index (κ3) is 5.29. The Hall–Kier alpha value is -2.92. The molecule has 2 aromatic rings. The van der Waals surface area contributed by atoms with E-state index < -0.39 is 24.2 Å². The molecule has 2 aromatic carbocycles. The van der Waals surface area contributed by atoms with E-state index in [0.29, 0.717) is 5.69 Å². The summed E-state index contributed by atoms with van der Waals surface area (Å²) >= 11 is 0.226. The number of para-hydroxylation sites is 1. The largest absolute Gasteiger partial charge is 0.452 e. The highest BCUT2D eigenvalue weighted by Crippen LogP contribution is 2.28. The molecule has 0 saturated heterocycles. The summed E-state index contributed by atoms with van der Waals surface area (Å²) in [4.78, 5) is 25.7. The van der Waals surface area contributed by atoms with E-state index in [9.17, 15) is 18.4 Å². The molecule has 0 fully saturated rings. The molecule has 0 N–H and O–H groups in total. The first kappa shape index (κ1) is 19.4. The van der Waals surface area contributed by atoms with Gasteiger partial charge in [-0.05, 0) is 24.3 Å². The third-order valence-corrected chi connectivity index (χ3v) is 4.04. The quantitative estimate of drug-likeness (QED) is 0.418. The molecule has 0 aromatic heterocycles. The molecule has 0 aliphatic rings. The fraction of sp³-hybridized carbons (Fsp3) is 0.167. The lowest BCUT2D eigenvalue weighted by molar-refractivity contribution is -0.121. The number of esters is 1. The fourth-order valence-corrected chi connectivity index (χ4v) is 2.75. The first-order chi connectivity index (χ1) is 12.5. The maximum Gasteiger partial charge on any atom is 0.339 e. The van der Waals surface area contributed by atoms with E-state index in [1.165, 1.54) is 29.2 Å². The van der Waals surface area contributed by atoms with Crippen LogP contribution in [0.15, 0.2) is 59.5 Å². The van der Waals surface area contributed by atoms with Crippen LogP contribution in [0, 0.1) is 11.3 Å². The molecule has 1 amide bonds. The number of carbonyl (C=O) groups is 2. The minimum absolute atomic E-state index is 0.0443. The van der Waals surface area contributed by atoms with Gasteiger partial charge in [-0.1, -0.05) is 42.1 Å². The highest BCUT2D eigenvalue weighted by atomic mass is 32.2. The molecule has 0 radical (unpaired) electrons. The Morgan fingerprint density at radius 1 is 1.12 bits per heavy atom. The van der Waals surface area contributed by atoms with Crippen molar-refractivity contribution in [1.29, 1.82) is 5.26 Å². The molecule has 0 bridgehead atoms. The second-order valence-electron chi connectivity index (χ2n) is 4.92. The first-order valence-electron chi connectivity index (χ1n) is 7.46. The molecule has 0 unspecified atom stereocenters. The van der Waals surface area contributed by atoms with E-state index in [0.717, 1.165) is 0 Å². The summed E-state index contributed by atoms with van der Waals surface area (Å²) in [5.74, 6) is -4.16. The molecule has 0 spiro atoms. The van der Waals surface area contributed by atoms with Crippen LogP contribution in [0.5, 0.6) is 0 Å². The Labute approximate surface area is 153 Å². The Kier molecular flexibility index (Phi) is 7.12. The zero-order chi connectivity index (χ0) is 18.9. The molecule has 26 heavy (non-hydrogen) atoms. The Balaban J connectivity index is 2.06. The van der Waals surface area contributed by atoms with Gasteiger partial charge in [-0.3, -0.25) is 9.69 Å². The van der Waals surface area contributed by atoms with Gasteiger partial charge in [-0.15, -0.1) is 0 Å². The molecule has 0 aliphatic heterocycles. The van der Waals surface area contributed by atoms with Gasteiger partial charge in [-0.2, -0.15) is 14.0 Å². The molecule has 0 atom stereocenters. The molecule has 5 nitrogen and oxygen atoms in total. The number of hydrogen-bond donors (Lipinski definition) is 0. The van der Waals surface area contributed by atoms with Crippen molar-refractivity contribution in [3.8, 4) is 6.07 Å². The molecular formula is C18H14F2N2O3S. The molecule has 0 heterocycles. The summed E-state index contributed by atoms with van der Waals surface area (Å²) < 4.78 is 30.1. The van der Waals surface area contributed by atoms with Crippen molar-refractivity contribution in [3.05, 3.63) is 60.2 Å². The Morgan fingerprint density at radius 2 is 1.77 bits per heavy atom. The van der Waals surface area contributed by atoms with Crippen LogP contribution in [0.1, 0.15) is 10.4 Å². The van der Waals surface area contributed by atoms with E-state index in [1.54, 1.807) is 30.3 Å². The summed E-state index contributed by atoms with van der Waals surface area (Å²) in [6.07, 6.45) is 0. The first-order valence-corrected chi connectivity index (χ1v) is 8.34. The average molecular weight is 376 g/mol. The van der Waals surface area contributed by atoms with Gasteiger partial charge >= 0.3 is 5.97 Å². The number of amides is 1. The van der Waals surface area contributed by atoms with Gasteiger partial charge < -0.3 is 4.74 Å². The summed E-state index contributed by atoms with van der Waals surface area (Å²) in [5.41, 5.74) is 0.445. The Bertz CT molecular complexity index is 810. The van der Waals surface area contributed by atoms with Crippen LogP contribution in [0.4, 0.5) is 14.5 Å². The number of nitrogens with zero attached hydrogens (tertiary/aromatic N) is 2. The van der Waals surface area contributed by atoms with Gasteiger partial charge in [-0.25, -0.2) is 4.79 Å². The second kappa shape index (κ2) is 9.53. The lowest BCUT2D eigenvalue weighted by atomic mass is 10.2. The van der Waals surface area contributed by atoms with Crippen molar-refractivity contribution in [2.75, 3.05) is 18.1 Å². The van der Waals surface area contributed by atoms with E-state index in [4.69, 9.17) is 10.00 Å². The predicted octanol–water partition coefficient (Wildman–Crippen LogP) is 3.71. The number of benzene rings is 2. The number of thioether (sulfide) groups is 1. The van der Waals surface area contributed by atoms with Crippen molar-refractivity contribution in [2.24, 2.45) is 0 Å². The lowest BCUT2D eigenvalue weighted by Gasteiger charge is -2.19. The number of halogens is 2. The second-order valence-corrected chi connectivity index (χ2v) is 5.96. The number of ether oxygens (including phenoxy) is 1. The van der Waals surface area contributed by atoms with Crippen LogP contribution < -0.4 is 4.90 Å². The zero-order valence-corrected chi connectivity index (χ0v) is 14.3. The molecule has 8 heteroatoms. The van der Waals surface area contributed by atoms with Gasteiger partial charge in [0.05, 0.1) is 11.6 Å². The van der Waals surface area contributed by atoms with Crippen molar-refractivity contribution in [2.45, 2.75) is 10.7 Å². The van der Waals surface area contributed by atoms with Gasteiger partial charge in [0.25, 0.3) is 11.7 Å². The van der Waals surface area contributed by atoms with Crippen molar-refractivity contribution in [3.63, 3.8) is 0 Å². The number of nitriles is 1. The van der Waals surface area contributed by atoms with Crippen molar-refractivity contribution >= 4 is 29.3 Å². The summed E-state index contributed by atoms with van der Waals surface area (Å²) in [5, 5.41) is 8.90. The average Bonchev–Trinajstić information content (AvgIpc) is 2.64. The predicted molar refractivity (Wildman–Crippen MR) is 93.0 cm³/mol. The normalized spacial score (nSPS) is 10.2. The molecule has 2 rings (SSSR count). The SMILES string of the molecule is N#CCN(C(=O)COC(=O)c1ccccc1SC(F)F)c1ccccc1. The number of hydrogen-bond acceptors (Lipinski definition) is 5. The maximum absolute atomic E-state index is 12.6. The topological polar surface area (TPSA) is 70.4 Å². The lowest BCUT2D eigenvalue weighted by Crippen LogP contribution is -2.35. The highest BCUT2D eigenvalue weighted by molar-refractivity contribution is 7.99. The summed E-state index contributed by atoms with van der Waals surface area (Å²) in [6.45, 7) is -0.818. The van der Waals surface area contributed by atoms with Gasteiger partial charge in [0.2, 0.25) is 0 Å². The van der Waals surface area contributed by atoms with Crippen LogP contribution in [-0.4, -0.2) is 30.8 Å².